The lowest BCUT2D eigenvalue weighted by atomic mass is 10.1. The number of sulfone groups is 2. The summed E-state index contributed by atoms with van der Waals surface area (Å²) in [6.45, 7) is 1.42. The smallest absolute Gasteiger partial charge is 0.311 e. The van der Waals surface area contributed by atoms with E-state index in [0.29, 0.717) is 6.29 Å². The molecule has 0 spiro atoms. The van der Waals surface area contributed by atoms with Crippen molar-refractivity contribution in [1.82, 2.24) is 0 Å². The molecule has 28 heavy (non-hydrogen) atoms. The van der Waals surface area contributed by atoms with Crippen molar-refractivity contribution in [1.29, 1.82) is 0 Å². The van der Waals surface area contributed by atoms with Crippen LogP contribution >= 0.6 is 0 Å². The van der Waals surface area contributed by atoms with Gasteiger partial charge in [-0.15, -0.1) is 0 Å². The molecule has 2 rings (SSSR count). The van der Waals surface area contributed by atoms with Crippen molar-refractivity contribution in [2.24, 2.45) is 5.92 Å². The van der Waals surface area contributed by atoms with Gasteiger partial charge in [0.2, 0.25) is 0 Å². The lowest BCUT2D eigenvalue weighted by Gasteiger charge is -2.24. The summed E-state index contributed by atoms with van der Waals surface area (Å²) in [7, 11) is -9.08. The molecule has 7 nitrogen and oxygen atoms in total. The summed E-state index contributed by atoms with van der Waals surface area (Å²) in [5.74, 6) is -2.76. The van der Waals surface area contributed by atoms with Crippen LogP contribution < -0.4 is 0 Å². The van der Waals surface area contributed by atoms with Crippen LogP contribution in [0, 0.1) is 5.92 Å². The molecule has 1 atom stereocenters. The fourth-order valence-electron chi connectivity index (χ4n) is 2.76. The summed E-state index contributed by atoms with van der Waals surface area (Å²) in [5, 5.41) is 0. The number of aldehydes is 1. The Balaban J connectivity index is 2.74. The molecule has 0 saturated carbocycles. The van der Waals surface area contributed by atoms with Gasteiger partial charge in [-0.3, -0.25) is 4.79 Å². The molecule has 9 heteroatoms. The molecule has 0 heterocycles. The summed E-state index contributed by atoms with van der Waals surface area (Å²) in [5.41, 5.74) is 0. The van der Waals surface area contributed by atoms with E-state index in [-0.39, 0.29) is 16.4 Å². The van der Waals surface area contributed by atoms with E-state index in [4.69, 9.17) is 4.74 Å². The van der Waals surface area contributed by atoms with E-state index in [1.54, 1.807) is 12.1 Å². The average Bonchev–Trinajstić information content (AvgIpc) is 2.69. The van der Waals surface area contributed by atoms with Crippen molar-refractivity contribution < 1.29 is 31.2 Å². The first-order valence-electron chi connectivity index (χ1n) is 8.45. The van der Waals surface area contributed by atoms with Gasteiger partial charge in [0.1, 0.15) is 6.29 Å². The fraction of sp³-hybridized carbons (Fsp3) is 0.263. The second kappa shape index (κ2) is 9.11. The molecule has 150 valence electrons. The van der Waals surface area contributed by atoms with Gasteiger partial charge in [0, 0.05) is 6.42 Å². The second-order valence-corrected chi connectivity index (χ2v) is 10.3. The molecule has 0 bridgehead atoms. The first-order chi connectivity index (χ1) is 13.3. The maximum atomic E-state index is 13.3. The van der Waals surface area contributed by atoms with Crippen LogP contribution in [-0.2, 0) is 34.0 Å². The Morgan fingerprint density at radius 2 is 1.32 bits per heavy atom. The first kappa shape index (κ1) is 21.8. The predicted molar refractivity (Wildman–Crippen MR) is 102 cm³/mol. The van der Waals surface area contributed by atoms with Crippen molar-refractivity contribution in [3.05, 3.63) is 60.7 Å². The largest absolute Gasteiger partial charge is 0.466 e. The van der Waals surface area contributed by atoms with Gasteiger partial charge in [-0.1, -0.05) is 36.4 Å². The van der Waals surface area contributed by atoms with Crippen molar-refractivity contribution in [2.75, 3.05) is 6.61 Å². The van der Waals surface area contributed by atoms with Crippen LogP contribution in [0.3, 0.4) is 0 Å². The maximum absolute atomic E-state index is 13.3. The van der Waals surface area contributed by atoms with Gasteiger partial charge in [-0.2, -0.15) is 0 Å². The second-order valence-electron chi connectivity index (χ2n) is 5.85. The zero-order valence-corrected chi connectivity index (χ0v) is 16.7. The minimum atomic E-state index is -4.54. The van der Waals surface area contributed by atoms with E-state index in [1.807, 2.05) is 0 Å². The third-order valence-electron chi connectivity index (χ3n) is 4.02. The van der Waals surface area contributed by atoms with Crippen LogP contribution in [0.15, 0.2) is 70.5 Å². The molecule has 0 aromatic heterocycles. The van der Waals surface area contributed by atoms with Gasteiger partial charge < -0.3 is 9.53 Å². The highest BCUT2D eigenvalue weighted by atomic mass is 32.3. The number of ether oxygens (including phenoxy) is 1. The molecule has 0 N–H and O–H groups in total. The summed E-state index contributed by atoms with van der Waals surface area (Å²) >= 11 is 0. The number of rotatable bonds is 9. The van der Waals surface area contributed by atoms with E-state index in [2.05, 4.69) is 0 Å². The SMILES string of the molecule is CCOC(=O)[C@H](CC=O)C(S(=O)(=O)c1ccccc1)S(=O)(=O)c1ccccc1. The molecule has 0 aliphatic heterocycles. The van der Waals surface area contributed by atoms with Crippen molar-refractivity contribution >= 4 is 31.9 Å². The molecular formula is C19H20O7S2. The lowest BCUT2D eigenvalue weighted by molar-refractivity contribution is -0.148. The van der Waals surface area contributed by atoms with Gasteiger partial charge in [0.15, 0.2) is 24.3 Å². The van der Waals surface area contributed by atoms with E-state index in [9.17, 15) is 26.4 Å². The normalized spacial score (nSPS) is 13.1. The van der Waals surface area contributed by atoms with E-state index < -0.39 is 42.6 Å². The summed E-state index contributed by atoms with van der Waals surface area (Å²) in [4.78, 5) is 23.1. The van der Waals surface area contributed by atoms with Gasteiger partial charge >= 0.3 is 5.97 Å². The van der Waals surface area contributed by atoms with Crippen LogP contribution in [0.1, 0.15) is 13.3 Å². The topological polar surface area (TPSA) is 112 Å². The van der Waals surface area contributed by atoms with E-state index in [0.717, 1.165) is 0 Å². The first-order valence-corrected chi connectivity index (χ1v) is 11.5. The summed E-state index contributed by atoms with van der Waals surface area (Å²) < 4.78 is 55.8. The molecule has 0 saturated heterocycles. The van der Waals surface area contributed by atoms with E-state index in [1.165, 1.54) is 55.5 Å². The van der Waals surface area contributed by atoms with Gasteiger partial charge in [0.25, 0.3) is 0 Å². The molecule has 2 aromatic carbocycles. The van der Waals surface area contributed by atoms with Crippen LogP contribution in [0.5, 0.6) is 0 Å². The molecule has 0 aliphatic rings. The summed E-state index contributed by atoms with van der Waals surface area (Å²) in [6, 6.07) is 13.9. The average molecular weight is 424 g/mol. The Morgan fingerprint density at radius 1 is 0.893 bits per heavy atom. The van der Waals surface area contributed by atoms with Gasteiger partial charge in [-0.25, -0.2) is 16.8 Å². The number of esters is 1. The third kappa shape index (κ3) is 4.48. The standard InChI is InChI=1S/C19H20O7S2/c1-2-26-18(21)17(13-14-20)19(27(22,23)15-9-5-3-6-10-15)28(24,25)16-11-7-4-8-12-16/h3-12,14,17,19H,2,13H2,1H3/t17-/m0/s1. The molecule has 0 fully saturated rings. The fourth-order valence-corrected chi connectivity index (χ4v) is 7.68. The zero-order valence-electron chi connectivity index (χ0n) is 15.1. The Bertz CT molecular complexity index is 945. The highest BCUT2D eigenvalue weighted by Gasteiger charge is 2.48. The molecule has 0 amide bonds. The Labute approximate surface area is 164 Å². The molecule has 0 aliphatic carbocycles. The molecule has 0 unspecified atom stereocenters. The minimum absolute atomic E-state index is 0.0856. The monoisotopic (exact) mass is 424 g/mol. The van der Waals surface area contributed by atoms with Crippen LogP contribution in [-0.4, -0.2) is 40.3 Å². The number of hydrogen-bond donors (Lipinski definition) is 0. The van der Waals surface area contributed by atoms with Crippen molar-refractivity contribution in [3.63, 3.8) is 0 Å². The number of benzene rings is 2. The lowest BCUT2D eigenvalue weighted by Crippen LogP contribution is -2.42. The van der Waals surface area contributed by atoms with E-state index >= 15 is 0 Å². The highest BCUT2D eigenvalue weighted by molar-refractivity contribution is 8.09. The van der Waals surface area contributed by atoms with Crippen molar-refractivity contribution in [2.45, 2.75) is 27.7 Å². The Morgan fingerprint density at radius 3 is 1.68 bits per heavy atom. The van der Waals surface area contributed by atoms with Gasteiger partial charge in [0.05, 0.1) is 22.3 Å². The number of carbonyl (C=O) groups is 2. The zero-order chi connectivity index (χ0) is 20.8. The Kier molecular flexibility index (Phi) is 7.09. The van der Waals surface area contributed by atoms with Crippen LogP contribution in [0.25, 0.3) is 0 Å². The van der Waals surface area contributed by atoms with Gasteiger partial charge in [-0.05, 0) is 31.2 Å². The maximum Gasteiger partial charge on any atom is 0.311 e. The molecular weight excluding hydrogens is 404 g/mol. The third-order valence-corrected chi connectivity index (χ3v) is 9.28. The number of carbonyl (C=O) groups excluding carboxylic acids is 2. The predicted octanol–water partition coefficient (Wildman–Crippen LogP) is 2.03. The summed E-state index contributed by atoms with van der Waals surface area (Å²) in [6.07, 6.45) is -0.294. The highest BCUT2D eigenvalue weighted by Crippen LogP contribution is 2.32. The molecule has 2 aromatic rings. The van der Waals surface area contributed by atoms with Crippen LogP contribution in [0.2, 0.25) is 0 Å². The van der Waals surface area contributed by atoms with Crippen molar-refractivity contribution in [3.8, 4) is 0 Å². The number of hydrogen-bond acceptors (Lipinski definition) is 7. The molecule has 0 radical (unpaired) electrons. The van der Waals surface area contributed by atoms with Crippen LogP contribution in [0.4, 0.5) is 0 Å². The minimum Gasteiger partial charge on any atom is -0.466 e. The quantitative estimate of drug-likeness (QED) is 0.447. The Hall–Kier alpha value is -2.52.